The fourth-order valence-electron chi connectivity index (χ4n) is 4.94. The minimum Gasteiger partial charge on any atom is -0.364 e. The van der Waals surface area contributed by atoms with Crippen LogP contribution in [0.5, 0.6) is 0 Å². The summed E-state index contributed by atoms with van der Waals surface area (Å²) in [6, 6.07) is 7.28. The summed E-state index contributed by atoms with van der Waals surface area (Å²) in [4.78, 5) is 24.4. The lowest BCUT2D eigenvalue weighted by Crippen LogP contribution is -2.35. The lowest BCUT2D eigenvalue weighted by atomic mass is 9.83. The van der Waals surface area contributed by atoms with Gasteiger partial charge < -0.3 is 5.32 Å². The maximum Gasteiger partial charge on any atom is 0.269 e. The molecular weight excluding hydrogens is 536 g/mol. The summed E-state index contributed by atoms with van der Waals surface area (Å²) in [6.07, 6.45) is 4.70. The van der Waals surface area contributed by atoms with Crippen molar-refractivity contribution in [3.63, 3.8) is 0 Å². The van der Waals surface area contributed by atoms with Crippen molar-refractivity contribution in [1.82, 2.24) is 18.9 Å². The Balaban J connectivity index is 1.56. The molecule has 0 aliphatic heterocycles. The Labute approximate surface area is 231 Å². The molecule has 40 heavy (non-hydrogen) atoms. The summed E-state index contributed by atoms with van der Waals surface area (Å²) in [7, 11) is -4.10. The zero-order chi connectivity index (χ0) is 29.0. The van der Waals surface area contributed by atoms with Gasteiger partial charge in [-0.3, -0.25) is 4.79 Å². The third-order valence-corrected chi connectivity index (χ3v) is 9.15. The number of halogens is 2. The van der Waals surface area contributed by atoms with Gasteiger partial charge in [-0.2, -0.15) is 0 Å². The molecule has 1 fully saturated rings. The molecule has 8 nitrogen and oxygen atoms in total. The molecule has 5 rings (SSSR count). The summed E-state index contributed by atoms with van der Waals surface area (Å²) in [6.45, 7) is 9.50. The summed E-state index contributed by atoms with van der Waals surface area (Å²) >= 11 is 0. The highest BCUT2D eigenvalue weighted by Crippen LogP contribution is 2.45. The molecule has 0 amide bonds. The Morgan fingerprint density at radius 3 is 2.48 bits per heavy atom. The molecule has 0 spiro atoms. The largest absolute Gasteiger partial charge is 0.364 e. The number of nitrogens with zero attached hydrogens (tertiary/aromatic N) is 4. The number of Topliss-reactive ketones (excluding diaryl/α,β-unsaturated/α-hetero) is 1. The second-order valence-corrected chi connectivity index (χ2v) is 13.4. The predicted molar refractivity (Wildman–Crippen MR) is 148 cm³/mol. The van der Waals surface area contributed by atoms with Gasteiger partial charge in [-0.1, -0.05) is 38.5 Å². The molecular formula is C29H31F2N5O3S. The third-order valence-electron chi connectivity index (χ3n) is 7.48. The fourth-order valence-corrected chi connectivity index (χ4v) is 6.26. The maximum absolute atomic E-state index is 15.0. The number of carbonyl (C=O) groups is 1. The number of hydrogen-bond acceptors (Lipinski definition) is 7. The Morgan fingerprint density at radius 2 is 1.85 bits per heavy atom. The number of anilines is 1. The van der Waals surface area contributed by atoms with Crippen LogP contribution in [0.1, 0.15) is 46.1 Å². The van der Waals surface area contributed by atoms with E-state index in [1.54, 1.807) is 19.1 Å². The number of aromatic nitrogens is 4. The Morgan fingerprint density at radius 1 is 1.15 bits per heavy atom. The molecule has 3 aromatic heterocycles. The molecule has 11 heteroatoms. The summed E-state index contributed by atoms with van der Waals surface area (Å²) < 4.78 is 57.4. The van der Waals surface area contributed by atoms with Gasteiger partial charge in [0.25, 0.3) is 10.0 Å². The van der Waals surface area contributed by atoms with Crippen LogP contribution in [0.15, 0.2) is 53.8 Å². The van der Waals surface area contributed by atoms with E-state index in [9.17, 15) is 17.6 Å². The molecule has 1 N–H and O–H groups in total. The van der Waals surface area contributed by atoms with Crippen LogP contribution < -0.4 is 5.32 Å². The molecule has 3 atom stereocenters. The Bertz CT molecular complexity index is 1710. The van der Waals surface area contributed by atoms with Crippen LogP contribution in [0, 0.1) is 35.8 Å². The molecule has 210 valence electrons. The summed E-state index contributed by atoms with van der Waals surface area (Å²) in [5.41, 5.74) is 0.791. The maximum atomic E-state index is 15.0. The van der Waals surface area contributed by atoms with Crippen LogP contribution >= 0.6 is 0 Å². The predicted octanol–water partition coefficient (Wildman–Crippen LogP) is 5.76. The van der Waals surface area contributed by atoms with Gasteiger partial charge in [0, 0.05) is 29.1 Å². The Hall–Kier alpha value is -3.73. The van der Waals surface area contributed by atoms with E-state index in [1.165, 1.54) is 18.3 Å². The monoisotopic (exact) mass is 567 g/mol. The first-order chi connectivity index (χ1) is 18.8. The quantitative estimate of drug-likeness (QED) is 0.289. The van der Waals surface area contributed by atoms with Crippen LogP contribution in [0.4, 0.5) is 14.6 Å². The molecule has 0 saturated heterocycles. The van der Waals surface area contributed by atoms with Gasteiger partial charge in [0.2, 0.25) is 0 Å². The van der Waals surface area contributed by atoms with Gasteiger partial charge in [0.15, 0.2) is 23.1 Å². The first-order valence-electron chi connectivity index (χ1n) is 13.0. The van der Waals surface area contributed by atoms with Gasteiger partial charge >= 0.3 is 0 Å². The second-order valence-electron chi connectivity index (χ2n) is 11.6. The molecule has 1 aromatic carbocycles. The van der Waals surface area contributed by atoms with Crippen molar-refractivity contribution in [2.45, 2.75) is 58.4 Å². The smallest absolute Gasteiger partial charge is 0.269 e. The zero-order valence-corrected chi connectivity index (χ0v) is 23.8. The van der Waals surface area contributed by atoms with E-state index in [0.717, 1.165) is 34.4 Å². The number of hydrogen-bond donors (Lipinski definition) is 1. The third kappa shape index (κ3) is 5.34. The van der Waals surface area contributed by atoms with Crippen molar-refractivity contribution in [3.8, 4) is 11.4 Å². The van der Waals surface area contributed by atoms with Crippen LogP contribution in [0.2, 0.25) is 0 Å². The van der Waals surface area contributed by atoms with Crippen molar-refractivity contribution in [2.24, 2.45) is 17.3 Å². The van der Waals surface area contributed by atoms with E-state index in [0.29, 0.717) is 6.42 Å². The minimum atomic E-state index is -4.10. The first-order valence-corrected chi connectivity index (χ1v) is 14.5. The highest BCUT2D eigenvalue weighted by Gasteiger charge is 2.43. The highest BCUT2D eigenvalue weighted by atomic mass is 32.2. The number of nitrogens with one attached hydrogen (secondary N) is 1. The second kappa shape index (κ2) is 10.0. The van der Waals surface area contributed by atoms with Gasteiger partial charge in [-0.05, 0) is 56.2 Å². The number of pyridine rings is 1. The zero-order valence-electron chi connectivity index (χ0n) is 22.9. The molecule has 3 heterocycles. The summed E-state index contributed by atoms with van der Waals surface area (Å²) in [5, 5.41) is 3.37. The number of fused-ring (bicyclic) bond motifs is 1. The average molecular weight is 568 g/mol. The lowest BCUT2D eigenvalue weighted by molar-refractivity contribution is -0.118. The average Bonchev–Trinajstić information content (AvgIpc) is 3.56. The van der Waals surface area contributed by atoms with Crippen LogP contribution in [-0.2, 0) is 14.8 Å². The lowest BCUT2D eigenvalue weighted by Gasteiger charge is -2.32. The molecule has 0 bridgehead atoms. The molecule has 1 saturated carbocycles. The van der Waals surface area contributed by atoms with E-state index in [2.05, 4.69) is 20.3 Å². The summed E-state index contributed by atoms with van der Waals surface area (Å²) in [5.74, 6) is -0.990. The van der Waals surface area contributed by atoms with Crippen molar-refractivity contribution in [3.05, 3.63) is 66.1 Å². The number of rotatable bonds is 8. The molecule has 3 unspecified atom stereocenters. The van der Waals surface area contributed by atoms with Crippen molar-refractivity contribution in [1.29, 1.82) is 0 Å². The molecule has 0 radical (unpaired) electrons. The topological polar surface area (TPSA) is 107 Å². The first kappa shape index (κ1) is 27.8. The molecule has 1 aliphatic carbocycles. The minimum absolute atomic E-state index is 0.00372. The van der Waals surface area contributed by atoms with Gasteiger partial charge in [-0.25, -0.2) is 36.1 Å². The van der Waals surface area contributed by atoms with Gasteiger partial charge in [0.1, 0.15) is 11.6 Å². The number of ketones is 1. The number of benzene rings is 1. The van der Waals surface area contributed by atoms with Gasteiger partial charge in [0.05, 0.1) is 17.3 Å². The van der Waals surface area contributed by atoms with E-state index >= 15 is 4.39 Å². The van der Waals surface area contributed by atoms with E-state index in [1.807, 2.05) is 27.7 Å². The van der Waals surface area contributed by atoms with Crippen molar-refractivity contribution in [2.75, 3.05) is 5.32 Å². The van der Waals surface area contributed by atoms with Gasteiger partial charge in [-0.15, -0.1) is 0 Å². The van der Waals surface area contributed by atoms with Crippen LogP contribution in [0.25, 0.3) is 22.4 Å². The number of carbonyl (C=O) groups excluding carboxylic acids is 1. The SMILES string of the molecule is CC(=O)C1CC1CC(Nc1nc(-c2cn(S(=O)(=O)c3ccc(C)cc3)c3ncc(F)cc23)ncc1F)C(C)(C)C. The van der Waals surface area contributed by atoms with Crippen molar-refractivity contribution < 1.29 is 22.0 Å². The van der Waals surface area contributed by atoms with E-state index < -0.39 is 21.7 Å². The van der Waals surface area contributed by atoms with Crippen LogP contribution in [0.3, 0.4) is 0 Å². The number of aryl methyl sites for hydroxylation is 1. The van der Waals surface area contributed by atoms with Crippen LogP contribution in [-0.4, -0.2) is 39.2 Å². The highest BCUT2D eigenvalue weighted by molar-refractivity contribution is 7.90. The Kier molecular flexibility index (Phi) is 6.98. The molecule has 1 aliphatic rings. The van der Waals surface area contributed by atoms with E-state index in [4.69, 9.17) is 0 Å². The standard InChI is InChI=1S/C29H31F2N5O3S/c1-16-6-8-20(9-7-16)40(38,39)36-15-23(22-12-19(30)13-33-28(22)36)26-32-14-24(31)27(35-26)34-25(29(3,4)5)11-18-10-21(18)17(2)37/h6-9,12-15,18,21,25H,10-11H2,1-5H3,(H,32,34,35). The van der Waals surface area contributed by atoms with E-state index in [-0.39, 0.29) is 62.2 Å². The molecule has 4 aromatic rings. The van der Waals surface area contributed by atoms with Crippen molar-refractivity contribution >= 4 is 32.7 Å². The normalized spacial score (nSPS) is 18.1. The fraction of sp³-hybridized carbons (Fsp3) is 0.379.